The molecule has 0 bridgehead atoms. The molecule has 2 amide bonds. The van der Waals surface area contributed by atoms with Gasteiger partial charge >= 0.3 is 0 Å². The number of carbonyl (C=O) groups excluding carboxylic acids is 2. The lowest BCUT2D eigenvalue weighted by molar-refractivity contribution is -0.126. The molecule has 0 aliphatic carbocycles. The van der Waals surface area contributed by atoms with Crippen LogP contribution < -0.4 is 10.6 Å². The molecule has 184 valence electrons. The molecule has 2 N–H and O–H groups in total. The number of benzene rings is 1. The molecule has 2 aliphatic heterocycles. The molecule has 2 heterocycles. The number of likely N-dealkylation sites (tertiary alicyclic amines) is 1. The van der Waals surface area contributed by atoms with Crippen LogP contribution in [0, 0.1) is 5.92 Å². The third-order valence-electron chi connectivity index (χ3n) is 6.51. The Morgan fingerprint density at radius 3 is 2.52 bits per heavy atom. The van der Waals surface area contributed by atoms with E-state index in [1.807, 2.05) is 0 Å². The SMILES string of the molecule is O=C1CCN(S(=O)(=O)c2ccccc2)CCCC(C(=O)NCCCN2CCCCC2)CCN1. The van der Waals surface area contributed by atoms with Gasteiger partial charge in [0.1, 0.15) is 0 Å². The highest BCUT2D eigenvalue weighted by molar-refractivity contribution is 7.89. The maximum absolute atomic E-state index is 13.1. The molecule has 2 saturated heterocycles. The summed E-state index contributed by atoms with van der Waals surface area (Å²) in [5, 5.41) is 5.90. The van der Waals surface area contributed by atoms with E-state index < -0.39 is 10.0 Å². The van der Waals surface area contributed by atoms with Crippen molar-refractivity contribution in [3.63, 3.8) is 0 Å². The minimum atomic E-state index is -3.68. The fourth-order valence-electron chi connectivity index (χ4n) is 4.56. The van der Waals surface area contributed by atoms with Crippen LogP contribution in [0.5, 0.6) is 0 Å². The van der Waals surface area contributed by atoms with Gasteiger partial charge < -0.3 is 15.5 Å². The van der Waals surface area contributed by atoms with Crippen LogP contribution in [0.4, 0.5) is 0 Å². The molecule has 1 unspecified atom stereocenters. The third-order valence-corrected chi connectivity index (χ3v) is 8.43. The normalized spacial score (nSPS) is 22.2. The molecule has 1 atom stereocenters. The lowest BCUT2D eigenvalue weighted by Gasteiger charge is -2.26. The Balaban J connectivity index is 1.53. The molecule has 0 saturated carbocycles. The first-order valence-corrected chi connectivity index (χ1v) is 13.7. The lowest BCUT2D eigenvalue weighted by Crippen LogP contribution is -2.36. The van der Waals surface area contributed by atoms with Crippen LogP contribution in [0.1, 0.15) is 51.4 Å². The summed E-state index contributed by atoms with van der Waals surface area (Å²) in [6.45, 7) is 4.81. The number of hydrogen-bond donors (Lipinski definition) is 2. The highest BCUT2D eigenvalue weighted by Gasteiger charge is 2.27. The highest BCUT2D eigenvalue weighted by atomic mass is 32.2. The van der Waals surface area contributed by atoms with Gasteiger partial charge in [-0.15, -0.1) is 0 Å². The first-order valence-electron chi connectivity index (χ1n) is 12.3. The van der Waals surface area contributed by atoms with E-state index in [0.717, 1.165) is 26.1 Å². The Morgan fingerprint density at radius 1 is 1.00 bits per heavy atom. The number of rotatable bonds is 7. The molecule has 8 nitrogen and oxygen atoms in total. The Bertz CT molecular complexity index is 856. The maximum Gasteiger partial charge on any atom is 0.243 e. The van der Waals surface area contributed by atoms with Gasteiger partial charge in [0, 0.05) is 38.5 Å². The zero-order valence-corrected chi connectivity index (χ0v) is 20.3. The van der Waals surface area contributed by atoms with E-state index >= 15 is 0 Å². The zero-order valence-electron chi connectivity index (χ0n) is 19.5. The van der Waals surface area contributed by atoms with Gasteiger partial charge in [-0.05, 0) is 70.3 Å². The second-order valence-electron chi connectivity index (χ2n) is 8.99. The van der Waals surface area contributed by atoms with Gasteiger partial charge in [-0.25, -0.2) is 8.42 Å². The Labute approximate surface area is 198 Å². The molecular weight excluding hydrogens is 440 g/mol. The molecule has 1 aromatic rings. The summed E-state index contributed by atoms with van der Waals surface area (Å²) in [6, 6.07) is 8.30. The number of piperidine rings is 1. The summed E-state index contributed by atoms with van der Waals surface area (Å²) in [4.78, 5) is 27.7. The first kappa shape index (κ1) is 25.6. The molecule has 0 spiro atoms. The largest absolute Gasteiger partial charge is 0.356 e. The maximum atomic E-state index is 13.1. The standard InChI is InChI=1S/C24H38N4O4S/c29-23-13-20-28(33(31,32)22-10-3-1-4-11-22)19-7-9-21(12-15-25-23)24(30)26-14-8-18-27-16-5-2-6-17-27/h1,3-4,10-11,21H,2,5-9,12-20H2,(H,25,29)(H,26,30). The van der Waals surface area contributed by atoms with Crippen molar-refractivity contribution in [2.75, 3.05) is 45.8 Å². The molecule has 3 rings (SSSR count). The number of nitrogens with zero attached hydrogens (tertiary/aromatic N) is 2. The third kappa shape index (κ3) is 8.08. The topological polar surface area (TPSA) is 98.8 Å². The number of carbonyl (C=O) groups is 2. The summed E-state index contributed by atoms with van der Waals surface area (Å²) in [5.74, 6) is -0.426. The van der Waals surface area contributed by atoms with E-state index in [4.69, 9.17) is 0 Å². The monoisotopic (exact) mass is 478 g/mol. The quantitative estimate of drug-likeness (QED) is 0.584. The molecule has 1 aromatic carbocycles. The molecular formula is C24H38N4O4S. The molecule has 9 heteroatoms. The summed E-state index contributed by atoms with van der Waals surface area (Å²) in [7, 11) is -3.68. The van der Waals surface area contributed by atoms with Gasteiger partial charge in [0.2, 0.25) is 21.8 Å². The van der Waals surface area contributed by atoms with Crippen molar-refractivity contribution < 1.29 is 18.0 Å². The Morgan fingerprint density at radius 2 is 1.76 bits per heavy atom. The zero-order chi connectivity index (χ0) is 23.5. The summed E-state index contributed by atoms with van der Waals surface area (Å²) in [6.07, 6.45) is 6.61. The van der Waals surface area contributed by atoms with Crippen LogP contribution in [0.25, 0.3) is 0 Å². The molecule has 2 aliphatic rings. The molecule has 0 aromatic heterocycles. The van der Waals surface area contributed by atoms with E-state index in [2.05, 4.69) is 15.5 Å². The second kappa shape index (κ2) is 13.1. The van der Waals surface area contributed by atoms with Gasteiger partial charge in [-0.3, -0.25) is 9.59 Å². The molecule has 0 radical (unpaired) electrons. The average molecular weight is 479 g/mol. The van der Waals surface area contributed by atoms with E-state index in [-0.39, 0.29) is 35.6 Å². The van der Waals surface area contributed by atoms with E-state index in [1.165, 1.54) is 23.6 Å². The van der Waals surface area contributed by atoms with Crippen molar-refractivity contribution in [1.82, 2.24) is 19.8 Å². The highest BCUT2D eigenvalue weighted by Crippen LogP contribution is 2.19. The Kier molecular flexibility index (Phi) is 10.1. The number of hydrogen-bond acceptors (Lipinski definition) is 5. The van der Waals surface area contributed by atoms with Gasteiger partial charge in [0.25, 0.3) is 0 Å². The number of sulfonamides is 1. The van der Waals surface area contributed by atoms with Gasteiger partial charge in [0.15, 0.2) is 0 Å². The predicted octanol–water partition coefficient (Wildman–Crippen LogP) is 1.98. The van der Waals surface area contributed by atoms with Crippen LogP contribution >= 0.6 is 0 Å². The summed E-state index contributed by atoms with van der Waals surface area (Å²) in [5.41, 5.74) is 0. The summed E-state index contributed by atoms with van der Waals surface area (Å²) < 4.78 is 27.5. The van der Waals surface area contributed by atoms with Crippen molar-refractivity contribution in [1.29, 1.82) is 0 Å². The van der Waals surface area contributed by atoms with Gasteiger partial charge in [-0.2, -0.15) is 4.31 Å². The van der Waals surface area contributed by atoms with Crippen molar-refractivity contribution in [3.05, 3.63) is 30.3 Å². The van der Waals surface area contributed by atoms with E-state index in [0.29, 0.717) is 38.9 Å². The van der Waals surface area contributed by atoms with Crippen LogP contribution in [-0.2, 0) is 19.6 Å². The second-order valence-corrected chi connectivity index (χ2v) is 10.9. The minimum absolute atomic E-state index is 0.000364. The fourth-order valence-corrected chi connectivity index (χ4v) is 6.06. The van der Waals surface area contributed by atoms with Crippen molar-refractivity contribution in [3.8, 4) is 0 Å². The van der Waals surface area contributed by atoms with Gasteiger partial charge in [0.05, 0.1) is 4.90 Å². The average Bonchev–Trinajstić information content (AvgIpc) is 2.87. The van der Waals surface area contributed by atoms with Crippen molar-refractivity contribution in [2.24, 2.45) is 5.92 Å². The van der Waals surface area contributed by atoms with Crippen LogP contribution in [-0.4, -0.2) is 75.3 Å². The van der Waals surface area contributed by atoms with Crippen LogP contribution in [0.3, 0.4) is 0 Å². The van der Waals surface area contributed by atoms with Crippen LogP contribution in [0.2, 0.25) is 0 Å². The number of nitrogens with one attached hydrogen (secondary N) is 2. The first-order chi connectivity index (χ1) is 16.0. The van der Waals surface area contributed by atoms with Crippen molar-refractivity contribution >= 4 is 21.8 Å². The van der Waals surface area contributed by atoms with E-state index in [1.54, 1.807) is 30.3 Å². The Hall–Kier alpha value is -1.97. The smallest absolute Gasteiger partial charge is 0.243 e. The predicted molar refractivity (Wildman–Crippen MR) is 128 cm³/mol. The van der Waals surface area contributed by atoms with E-state index in [9.17, 15) is 18.0 Å². The van der Waals surface area contributed by atoms with Gasteiger partial charge in [-0.1, -0.05) is 24.6 Å². The molecule has 33 heavy (non-hydrogen) atoms. The minimum Gasteiger partial charge on any atom is -0.356 e. The fraction of sp³-hybridized carbons (Fsp3) is 0.667. The number of amides is 2. The lowest BCUT2D eigenvalue weighted by atomic mass is 9.98. The summed E-state index contributed by atoms with van der Waals surface area (Å²) >= 11 is 0. The van der Waals surface area contributed by atoms with Crippen molar-refractivity contribution in [2.45, 2.75) is 56.3 Å². The van der Waals surface area contributed by atoms with Crippen LogP contribution in [0.15, 0.2) is 35.2 Å². The molecule has 2 fully saturated rings.